The van der Waals surface area contributed by atoms with Crippen molar-refractivity contribution in [3.05, 3.63) is 94.6 Å². The molecule has 0 aliphatic carbocycles. The summed E-state index contributed by atoms with van der Waals surface area (Å²) in [6.45, 7) is 7.18. The molecule has 0 heterocycles. The predicted molar refractivity (Wildman–Crippen MR) is 123 cm³/mol. The number of nitrogens with two attached hydrogens (primary N) is 1. The van der Waals surface area contributed by atoms with Crippen LogP contribution in [0.5, 0.6) is 0 Å². The zero-order valence-corrected chi connectivity index (χ0v) is 17.1. The van der Waals surface area contributed by atoms with Gasteiger partial charge < -0.3 is 16.4 Å². The molecule has 0 aliphatic rings. The predicted octanol–water partition coefficient (Wildman–Crippen LogP) is 5.46. The van der Waals surface area contributed by atoms with Gasteiger partial charge in [-0.25, -0.2) is 0 Å². The molecule has 0 unspecified atom stereocenters. The third-order valence-corrected chi connectivity index (χ3v) is 5.17. The van der Waals surface area contributed by atoms with Crippen molar-refractivity contribution in [2.75, 3.05) is 16.4 Å². The highest BCUT2D eigenvalue weighted by Crippen LogP contribution is 2.22. The molecule has 0 saturated heterocycles. The molecule has 3 rings (SSSR count). The van der Waals surface area contributed by atoms with Crippen LogP contribution in [-0.2, 0) is 11.3 Å². The molecule has 0 radical (unpaired) electrons. The van der Waals surface area contributed by atoms with Gasteiger partial charge in [-0.05, 0) is 72.9 Å². The molecular weight excluding hydrogens is 358 g/mol. The summed E-state index contributed by atoms with van der Waals surface area (Å²) in [6, 6.07) is 19.6. The van der Waals surface area contributed by atoms with E-state index >= 15 is 0 Å². The minimum Gasteiger partial charge on any atom is -0.397 e. The molecule has 4 heteroatoms. The molecule has 0 aromatic heterocycles. The molecule has 4 N–H and O–H groups in total. The van der Waals surface area contributed by atoms with E-state index in [1.165, 1.54) is 28.3 Å². The first-order valence-electron chi connectivity index (χ1n) is 9.67. The van der Waals surface area contributed by atoms with Crippen LogP contribution >= 0.6 is 0 Å². The van der Waals surface area contributed by atoms with Gasteiger partial charge in [0.15, 0.2) is 0 Å². The number of rotatable bonds is 6. The average molecular weight is 386 g/mol. The van der Waals surface area contributed by atoms with E-state index in [0.717, 1.165) is 17.8 Å². The minimum absolute atomic E-state index is 0.209. The van der Waals surface area contributed by atoms with Gasteiger partial charge in [0, 0.05) is 18.3 Å². The lowest BCUT2D eigenvalue weighted by Crippen LogP contribution is -2.09. The van der Waals surface area contributed by atoms with Gasteiger partial charge in [0.05, 0.1) is 11.4 Å². The van der Waals surface area contributed by atoms with Crippen LogP contribution in [0.15, 0.2) is 66.7 Å². The molecular formula is C25H27N3O. The molecule has 1 amide bonds. The first-order chi connectivity index (χ1) is 13.9. The summed E-state index contributed by atoms with van der Waals surface area (Å²) in [5, 5.41) is 6.29. The van der Waals surface area contributed by atoms with E-state index in [9.17, 15) is 4.79 Å². The first-order valence-corrected chi connectivity index (χ1v) is 9.67. The first kappa shape index (κ1) is 20.2. The Hall–Kier alpha value is -3.53. The average Bonchev–Trinajstić information content (AvgIpc) is 2.72. The molecule has 0 spiro atoms. The highest BCUT2D eigenvalue weighted by atomic mass is 16.1. The second-order valence-corrected chi connectivity index (χ2v) is 7.18. The van der Waals surface area contributed by atoms with Gasteiger partial charge in [-0.3, -0.25) is 4.79 Å². The molecule has 0 atom stereocenters. The van der Waals surface area contributed by atoms with Crippen molar-refractivity contribution in [2.45, 2.75) is 27.3 Å². The van der Waals surface area contributed by atoms with Crippen LogP contribution in [-0.4, -0.2) is 5.91 Å². The van der Waals surface area contributed by atoms with Crippen LogP contribution in [0.25, 0.3) is 6.08 Å². The fraction of sp³-hybridized carbons (Fsp3) is 0.160. The lowest BCUT2D eigenvalue weighted by molar-refractivity contribution is -0.111. The number of nitrogens with one attached hydrogen (secondary N) is 2. The Morgan fingerprint density at radius 3 is 2.34 bits per heavy atom. The number of carbonyl (C=O) groups excluding carboxylic acids is 1. The number of para-hydroxylation sites is 2. The van der Waals surface area contributed by atoms with Gasteiger partial charge in [-0.2, -0.15) is 0 Å². The summed E-state index contributed by atoms with van der Waals surface area (Å²) < 4.78 is 0. The van der Waals surface area contributed by atoms with E-state index in [2.05, 4.69) is 55.7 Å². The van der Waals surface area contributed by atoms with Gasteiger partial charge in [-0.15, -0.1) is 0 Å². The number of carbonyl (C=O) groups is 1. The van der Waals surface area contributed by atoms with Gasteiger partial charge >= 0.3 is 0 Å². The van der Waals surface area contributed by atoms with Gasteiger partial charge in [0.25, 0.3) is 0 Å². The molecule has 0 bridgehead atoms. The fourth-order valence-electron chi connectivity index (χ4n) is 3.05. The number of amides is 1. The van der Waals surface area contributed by atoms with E-state index < -0.39 is 0 Å². The monoisotopic (exact) mass is 385 g/mol. The van der Waals surface area contributed by atoms with Crippen LogP contribution in [0.4, 0.5) is 17.1 Å². The Bertz CT molecular complexity index is 1040. The Morgan fingerprint density at radius 1 is 0.897 bits per heavy atom. The Balaban J connectivity index is 1.57. The van der Waals surface area contributed by atoms with Crippen molar-refractivity contribution in [3.63, 3.8) is 0 Å². The number of nitrogen functional groups attached to an aromatic ring is 1. The minimum atomic E-state index is -0.209. The summed E-state index contributed by atoms with van der Waals surface area (Å²) in [6.07, 6.45) is 3.30. The van der Waals surface area contributed by atoms with Crippen molar-refractivity contribution in [3.8, 4) is 0 Å². The van der Waals surface area contributed by atoms with E-state index in [-0.39, 0.29) is 5.91 Å². The summed E-state index contributed by atoms with van der Waals surface area (Å²) >= 11 is 0. The largest absolute Gasteiger partial charge is 0.397 e. The zero-order chi connectivity index (χ0) is 20.8. The van der Waals surface area contributed by atoms with Crippen molar-refractivity contribution in [1.82, 2.24) is 0 Å². The molecule has 0 fully saturated rings. The third kappa shape index (κ3) is 5.26. The van der Waals surface area contributed by atoms with E-state index in [0.29, 0.717) is 11.4 Å². The van der Waals surface area contributed by atoms with E-state index in [4.69, 9.17) is 5.73 Å². The molecule has 4 nitrogen and oxygen atoms in total. The number of benzene rings is 3. The topological polar surface area (TPSA) is 67.2 Å². The van der Waals surface area contributed by atoms with Crippen molar-refractivity contribution in [1.29, 1.82) is 0 Å². The third-order valence-electron chi connectivity index (χ3n) is 5.17. The van der Waals surface area contributed by atoms with Crippen LogP contribution in [0.2, 0.25) is 0 Å². The quantitative estimate of drug-likeness (QED) is 0.390. The van der Waals surface area contributed by atoms with Crippen molar-refractivity contribution in [2.24, 2.45) is 0 Å². The maximum absolute atomic E-state index is 12.1. The lowest BCUT2D eigenvalue weighted by Gasteiger charge is -2.13. The number of aryl methyl sites for hydroxylation is 1. The van der Waals surface area contributed by atoms with Gasteiger partial charge in [0.2, 0.25) is 5.91 Å². The van der Waals surface area contributed by atoms with E-state index in [1.54, 1.807) is 18.2 Å². The normalized spacial score (nSPS) is 10.9. The lowest BCUT2D eigenvalue weighted by atomic mass is 10.0. The molecule has 148 valence electrons. The Kier molecular flexibility index (Phi) is 6.35. The highest BCUT2D eigenvalue weighted by molar-refractivity contribution is 6.03. The number of hydrogen-bond donors (Lipinski definition) is 3. The molecule has 3 aromatic carbocycles. The standard InChI is InChI=1S/C25H27N3O/c1-17-8-14-23(19(3)18(17)2)27-16-21-11-9-20(10-12-21)13-15-25(29)28-24-7-5-4-6-22(24)26/h4-15,27H,16,26H2,1-3H3,(H,28,29)/b15-13+. The summed E-state index contributed by atoms with van der Waals surface area (Å²) in [4.78, 5) is 12.1. The van der Waals surface area contributed by atoms with Crippen LogP contribution in [0.3, 0.4) is 0 Å². The zero-order valence-electron chi connectivity index (χ0n) is 17.1. The maximum atomic E-state index is 12.1. The van der Waals surface area contributed by atoms with Gasteiger partial charge in [0.1, 0.15) is 0 Å². The number of hydrogen-bond acceptors (Lipinski definition) is 3. The second-order valence-electron chi connectivity index (χ2n) is 7.18. The highest BCUT2D eigenvalue weighted by Gasteiger charge is 2.04. The molecule has 0 aliphatic heterocycles. The van der Waals surface area contributed by atoms with Crippen LogP contribution in [0.1, 0.15) is 27.8 Å². The fourth-order valence-corrected chi connectivity index (χ4v) is 3.05. The van der Waals surface area contributed by atoms with Crippen LogP contribution < -0.4 is 16.4 Å². The van der Waals surface area contributed by atoms with Crippen molar-refractivity contribution < 1.29 is 4.79 Å². The summed E-state index contributed by atoms with van der Waals surface area (Å²) in [5.74, 6) is -0.209. The van der Waals surface area contributed by atoms with Crippen LogP contribution in [0, 0.1) is 20.8 Å². The Morgan fingerprint density at radius 2 is 1.62 bits per heavy atom. The summed E-state index contributed by atoms with van der Waals surface area (Å²) in [7, 11) is 0. The maximum Gasteiger partial charge on any atom is 0.248 e. The Labute approximate surface area is 172 Å². The molecule has 0 saturated carbocycles. The second kappa shape index (κ2) is 9.11. The van der Waals surface area contributed by atoms with Crippen molar-refractivity contribution >= 4 is 29.0 Å². The smallest absolute Gasteiger partial charge is 0.248 e. The molecule has 3 aromatic rings. The van der Waals surface area contributed by atoms with E-state index in [1.807, 2.05) is 24.3 Å². The molecule has 29 heavy (non-hydrogen) atoms. The summed E-state index contributed by atoms with van der Waals surface area (Å²) in [5.41, 5.74) is 14.2. The van der Waals surface area contributed by atoms with Gasteiger partial charge in [-0.1, -0.05) is 42.5 Å². The SMILES string of the molecule is Cc1ccc(NCc2ccc(/C=C/C(=O)Nc3ccccc3N)cc2)c(C)c1C. The number of anilines is 3.